The summed E-state index contributed by atoms with van der Waals surface area (Å²) in [5.41, 5.74) is 3.81. The molecule has 2 N–H and O–H groups in total. The Morgan fingerprint density at radius 1 is 1.19 bits per heavy atom. The molecule has 1 rings (SSSR count). The maximum absolute atomic E-state index is 9.94. The van der Waals surface area contributed by atoms with E-state index in [-0.39, 0.29) is 6.10 Å². The van der Waals surface area contributed by atoms with Gasteiger partial charge in [-0.1, -0.05) is 32.0 Å². The molecule has 1 aromatic carbocycles. The van der Waals surface area contributed by atoms with Gasteiger partial charge in [-0.15, -0.1) is 0 Å². The van der Waals surface area contributed by atoms with Crippen molar-refractivity contribution < 1.29 is 5.11 Å². The first kappa shape index (κ1) is 13.2. The smallest absolute Gasteiger partial charge is 0.0705 e. The first-order valence-electron chi connectivity index (χ1n) is 5.97. The van der Waals surface area contributed by atoms with Crippen LogP contribution in [0.5, 0.6) is 0 Å². The molecule has 0 fully saturated rings. The predicted molar refractivity (Wildman–Crippen MR) is 68.8 cm³/mol. The average molecular weight is 221 g/mol. The van der Waals surface area contributed by atoms with Crippen molar-refractivity contribution in [2.75, 3.05) is 6.54 Å². The van der Waals surface area contributed by atoms with Crippen LogP contribution in [-0.2, 0) is 6.42 Å². The van der Waals surface area contributed by atoms with Crippen LogP contribution in [0.1, 0.15) is 30.5 Å². The number of hydrogen-bond acceptors (Lipinski definition) is 2. The summed E-state index contributed by atoms with van der Waals surface area (Å²) in [6.45, 7) is 9.04. The van der Waals surface area contributed by atoms with Gasteiger partial charge >= 0.3 is 0 Å². The second-order valence-electron chi connectivity index (χ2n) is 4.79. The van der Waals surface area contributed by atoms with Gasteiger partial charge in [-0.3, -0.25) is 0 Å². The van der Waals surface area contributed by atoms with E-state index in [0.29, 0.717) is 12.6 Å². The Kier molecular flexibility index (Phi) is 4.97. The Morgan fingerprint density at radius 3 is 2.25 bits per heavy atom. The lowest BCUT2D eigenvalue weighted by Crippen LogP contribution is -2.33. The summed E-state index contributed by atoms with van der Waals surface area (Å²) in [4.78, 5) is 0. The Labute approximate surface area is 98.7 Å². The molecule has 16 heavy (non-hydrogen) atoms. The van der Waals surface area contributed by atoms with Gasteiger partial charge < -0.3 is 10.4 Å². The highest BCUT2D eigenvalue weighted by Gasteiger charge is 2.09. The van der Waals surface area contributed by atoms with Crippen LogP contribution >= 0.6 is 0 Å². The van der Waals surface area contributed by atoms with Gasteiger partial charge in [-0.2, -0.15) is 0 Å². The fourth-order valence-electron chi connectivity index (χ4n) is 1.85. The standard InChI is InChI=1S/C14H23NO/c1-10(2)15-9-13(16)8-14-11(3)6-5-7-12(14)4/h5-7,10,13,15-16H,8-9H2,1-4H3. The molecule has 90 valence electrons. The van der Waals surface area contributed by atoms with Gasteiger partial charge in [0.2, 0.25) is 0 Å². The molecule has 0 aliphatic heterocycles. The topological polar surface area (TPSA) is 32.3 Å². The number of aliphatic hydroxyl groups is 1. The number of aryl methyl sites for hydroxylation is 2. The first-order chi connectivity index (χ1) is 7.50. The summed E-state index contributed by atoms with van der Waals surface area (Å²) >= 11 is 0. The molecule has 0 bridgehead atoms. The van der Waals surface area contributed by atoms with Gasteiger partial charge in [-0.25, -0.2) is 0 Å². The molecule has 0 radical (unpaired) electrons. The number of benzene rings is 1. The second kappa shape index (κ2) is 6.02. The lowest BCUT2D eigenvalue weighted by molar-refractivity contribution is 0.168. The summed E-state index contributed by atoms with van der Waals surface area (Å²) in [6.07, 6.45) is 0.431. The molecule has 0 heterocycles. The summed E-state index contributed by atoms with van der Waals surface area (Å²) in [5.74, 6) is 0. The summed E-state index contributed by atoms with van der Waals surface area (Å²) in [6, 6.07) is 6.69. The van der Waals surface area contributed by atoms with Crippen LogP contribution in [-0.4, -0.2) is 23.8 Å². The third-order valence-electron chi connectivity index (χ3n) is 2.85. The van der Waals surface area contributed by atoms with Gasteiger partial charge in [0.15, 0.2) is 0 Å². The molecule has 0 spiro atoms. The van der Waals surface area contributed by atoms with Crippen LogP contribution in [0.2, 0.25) is 0 Å². The fourth-order valence-corrected chi connectivity index (χ4v) is 1.85. The highest BCUT2D eigenvalue weighted by molar-refractivity contribution is 5.33. The van der Waals surface area contributed by atoms with Crippen molar-refractivity contribution in [2.45, 2.75) is 46.3 Å². The van der Waals surface area contributed by atoms with Gasteiger partial charge in [0.1, 0.15) is 0 Å². The number of nitrogens with one attached hydrogen (secondary N) is 1. The maximum Gasteiger partial charge on any atom is 0.0705 e. The third-order valence-corrected chi connectivity index (χ3v) is 2.85. The Hall–Kier alpha value is -0.860. The molecular weight excluding hydrogens is 198 g/mol. The molecule has 0 saturated carbocycles. The number of aliphatic hydroxyl groups excluding tert-OH is 1. The van der Waals surface area contributed by atoms with E-state index in [9.17, 15) is 5.11 Å². The van der Waals surface area contributed by atoms with E-state index >= 15 is 0 Å². The van der Waals surface area contributed by atoms with E-state index in [0.717, 1.165) is 6.42 Å². The Morgan fingerprint density at radius 2 is 1.75 bits per heavy atom. The van der Waals surface area contributed by atoms with Crippen LogP contribution in [0.3, 0.4) is 0 Å². The molecule has 2 nitrogen and oxygen atoms in total. The average Bonchev–Trinajstić information content (AvgIpc) is 2.21. The minimum absolute atomic E-state index is 0.304. The van der Waals surface area contributed by atoms with Gasteiger partial charge in [0.05, 0.1) is 6.10 Å². The van der Waals surface area contributed by atoms with Crippen molar-refractivity contribution in [3.63, 3.8) is 0 Å². The highest BCUT2D eigenvalue weighted by atomic mass is 16.3. The molecule has 1 atom stereocenters. The van der Waals surface area contributed by atoms with Crippen molar-refractivity contribution in [3.05, 3.63) is 34.9 Å². The van der Waals surface area contributed by atoms with E-state index in [1.165, 1.54) is 16.7 Å². The molecule has 0 aliphatic rings. The van der Waals surface area contributed by atoms with E-state index in [1.54, 1.807) is 0 Å². The molecule has 0 saturated heterocycles. The molecule has 0 amide bonds. The van der Waals surface area contributed by atoms with E-state index < -0.39 is 0 Å². The molecule has 1 unspecified atom stereocenters. The lowest BCUT2D eigenvalue weighted by Gasteiger charge is -2.16. The van der Waals surface area contributed by atoms with Crippen LogP contribution in [0.4, 0.5) is 0 Å². The zero-order valence-corrected chi connectivity index (χ0v) is 10.7. The van der Waals surface area contributed by atoms with E-state index in [2.05, 4.69) is 51.2 Å². The monoisotopic (exact) mass is 221 g/mol. The highest BCUT2D eigenvalue weighted by Crippen LogP contribution is 2.15. The van der Waals surface area contributed by atoms with Crippen molar-refractivity contribution in [2.24, 2.45) is 0 Å². The van der Waals surface area contributed by atoms with Crippen LogP contribution < -0.4 is 5.32 Å². The quantitative estimate of drug-likeness (QED) is 0.799. The minimum atomic E-state index is -0.304. The Balaban J connectivity index is 2.59. The van der Waals surface area contributed by atoms with Crippen LogP contribution in [0.15, 0.2) is 18.2 Å². The van der Waals surface area contributed by atoms with Crippen molar-refractivity contribution >= 4 is 0 Å². The minimum Gasteiger partial charge on any atom is -0.391 e. The van der Waals surface area contributed by atoms with Crippen molar-refractivity contribution in [1.82, 2.24) is 5.32 Å². The Bertz CT molecular complexity index is 313. The first-order valence-corrected chi connectivity index (χ1v) is 5.97. The number of rotatable bonds is 5. The van der Waals surface area contributed by atoms with Gasteiger partial charge in [-0.05, 0) is 30.5 Å². The number of hydrogen-bond donors (Lipinski definition) is 2. The SMILES string of the molecule is Cc1cccc(C)c1CC(O)CNC(C)C. The molecule has 1 aromatic rings. The van der Waals surface area contributed by atoms with Crippen molar-refractivity contribution in [1.29, 1.82) is 0 Å². The maximum atomic E-state index is 9.94. The molecule has 0 aliphatic carbocycles. The van der Waals surface area contributed by atoms with Crippen LogP contribution in [0.25, 0.3) is 0 Å². The largest absolute Gasteiger partial charge is 0.391 e. The molecule has 2 heteroatoms. The summed E-state index contributed by atoms with van der Waals surface area (Å²) < 4.78 is 0. The fraction of sp³-hybridized carbons (Fsp3) is 0.571. The zero-order valence-electron chi connectivity index (χ0n) is 10.7. The van der Waals surface area contributed by atoms with Crippen molar-refractivity contribution in [3.8, 4) is 0 Å². The molecule has 0 aromatic heterocycles. The second-order valence-corrected chi connectivity index (χ2v) is 4.79. The predicted octanol–water partition coefficient (Wildman–Crippen LogP) is 2.20. The van der Waals surface area contributed by atoms with Gasteiger partial charge in [0.25, 0.3) is 0 Å². The normalized spacial score (nSPS) is 13.1. The van der Waals surface area contributed by atoms with E-state index in [4.69, 9.17) is 0 Å². The summed E-state index contributed by atoms with van der Waals surface area (Å²) in [5, 5.41) is 13.2. The molecular formula is C14H23NO. The zero-order chi connectivity index (χ0) is 12.1. The lowest BCUT2D eigenvalue weighted by atomic mass is 9.97. The summed E-state index contributed by atoms with van der Waals surface area (Å²) in [7, 11) is 0. The van der Waals surface area contributed by atoms with Gasteiger partial charge in [0, 0.05) is 19.0 Å². The third kappa shape index (κ3) is 3.95. The van der Waals surface area contributed by atoms with E-state index in [1.807, 2.05) is 0 Å². The van der Waals surface area contributed by atoms with Crippen LogP contribution in [0, 0.1) is 13.8 Å².